The van der Waals surface area contributed by atoms with Crippen LogP contribution in [-0.4, -0.2) is 15.4 Å². The van der Waals surface area contributed by atoms with Crippen LogP contribution in [0.1, 0.15) is 13.8 Å². The Labute approximate surface area is 59.4 Å². The van der Waals surface area contributed by atoms with Crippen LogP contribution < -0.4 is 5.73 Å². The second-order valence-corrected chi connectivity index (χ2v) is 1.24. The molecular formula is C3H11Cl2NO2. The third-order valence-electron chi connectivity index (χ3n) is 0. The molecule has 0 aromatic rings. The first kappa shape index (κ1) is 15.8. The molecule has 54 valence electrons. The van der Waals surface area contributed by atoms with Gasteiger partial charge in [-0.2, -0.15) is 0 Å². The number of nitrogens with two attached hydrogens (primary N) is 1. The van der Waals surface area contributed by atoms with Crippen molar-refractivity contribution in [2.24, 2.45) is 5.73 Å². The molecule has 0 rings (SSSR count). The van der Waals surface area contributed by atoms with Gasteiger partial charge in [0.25, 0.3) is 0 Å². The van der Waals surface area contributed by atoms with Gasteiger partial charge in [-0.3, -0.25) is 9.32 Å². The maximum absolute atomic E-state index is 6.47. The van der Waals surface area contributed by atoms with Gasteiger partial charge < -0.3 is 5.73 Å². The van der Waals surface area contributed by atoms with E-state index < -0.39 is 0 Å². The van der Waals surface area contributed by atoms with E-state index in [1.165, 1.54) is 0 Å². The van der Waals surface area contributed by atoms with Crippen molar-refractivity contribution >= 4 is 23.7 Å². The lowest BCUT2D eigenvalue weighted by atomic mass is 10.5. The smallest absolute Gasteiger partial charge is 0.0579 e. The molecule has 0 unspecified atom stereocenters. The molecule has 0 saturated heterocycles. The molecule has 0 radical (unpaired) electrons. The van der Waals surface area contributed by atoms with Gasteiger partial charge in [0, 0.05) is 0 Å². The van der Waals surface area contributed by atoms with Crippen LogP contribution in [0.3, 0.4) is 0 Å². The first-order chi connectivity index (χ1) is 3.73. The van der Waals surface area contributed by atoms with Crippen LogP contribution in [0.15, 0.2) is 0 Å². The summed E-state index contributed by atoms with van der Waals surface area (Å²) < 4.78 is 12.9. The van der Waals surface area contributed by atoms with E-state index in [0.717, 1.165) is 0 Å². The van der Waals surface area contributed by atoms with Crippen molar-refractivity contribution in [2.45, 2.75) is 19.9 Å². The molecule has 0 aliphatic rings. The highest BCUT2D eigenvalue weighted by molar-refractivity contribution is 6.05. The summed E-state index contributed by atoms with van der Waals surface area (Å²) in [7, 11) is 0. The summed E-state index contributed by atoms with van der Waals surface area (Å²) in [6, 6.07) is 0.333. The molecule has 5 heteroatoms. The first-order valence-electron chi connectivity index (χ1n) is 1.83. The van der Waals surface area contributed by atoms with Gasteiger partial charge in [0.2, 0.25) is 0 Å². The van der Waals surface area contributed by atoms with Gasteiger partial charge in [0.15, 0.2) is 0 Å². The Kier molecular flexibility index (Phi) is 51.3. The van der Waals surface area contributed by atoms with Crippen LogP contribution in [-0.2, 0) is 0 Å². The Morgan fingerprint density at radius 1 is 1.12 bits per heavy atom. The molecule has 0 aromatic carbocycles. The van der Waals surface area contributed by atoms with E-state index in [1.54, 1.807) is 0 Å². The number of hydrogen-bond acceptors (Lipinski definition) is 3. The van der Waals surface area contributed by atoms with Crippen LogP contribution in [0.2, 0.25) is 0 Å². The molecule has 0 aliphatic heterocycles. The summed E-state index contributed by atoms with van der Waals surface area (Å²) in [4.78, 5) is 0. The zero-order chi connectivity index (χ0) is 7.58. The molecule has 0 amide bonds. The van der Waals surface area contributed by atoms with E-state index in [4.69, 9.17) is 15.1 Å². The van der Waals surface area contributed by atoms with E-state index >= 15 is 0 Å². The van der Waals surface area contributed by atoms with Crippen molar-refractivity contribution in [3.05, 3.63) is 0 Å². The fraction of sp³-hybridized carbons (Fsp3) is 1.00. The third-order valence-corrected chi connectivity index (χ3v) is 0. The van der Waals surface area contributed by atoms with Crippen molar-refractivity contribution in [3.63, 3.8) is 0 Å². The number of rotatable bonds is 0. The number of halogens is 2. The summed E-state index contributed by atoms with van der Waals surface area (Å²) in [6.45, 7) is 3.89. The van der Waals surface area contributed by atoms with E-state index in [0.29, 0.717) is 6.04 Å². The van der Waals surface area contributed by atoms with E-state index in [1.807, 2.05) is 13.8 Å². The molecule has 0 atom stereocenters. The maximum Gasteiger partial charge on any atom is 0.0579 e. The van der Waals surface area contributed by atoms with Crippen LogP contribution >= 0.6 is 23.7 Å². The molecule has 0 heterocycles. The molecule has 0 aliphatic carbocycles. The standard InChI is InChI=1S/C3H9N.2ClHO/c1-3(2)4;2*1-2/h3H,4H2,1-2H3;2*2H. The van der Waals surface area contributed by atoms with Crippen LogP contribution in [0.5, 0.6) is 0 Å². The van der Waals surface area contributed by atoms with Crippen molar-refractivity contribution in [3.8, 4) is 0 Å². The summed E-state index contributed by atoms with van der Waals surface area (Å²) in [5, 5.41) is 0. The molecule has 4 N–H and O–H groups in total. The maximum atomic E-state index is 6.47. The van der Waals surface area contributed by atoms with Crippen LogP contribution in [0.4, 0.5) is 0 Å². The third kappa shape index (κ3) is 910. The van der Waals surface area contributed by atoms with Crippen LogP contribution in [0.25, 0.3) is 0 Å². The Morgan fingerprint density at radius 3 is 1.12 bits per heavy atom. The highest BCUT2D eigenvalue weighted by atomic mass is 35.5. The minimum Gasteiger partial charge on any atom is -0.328 e. The lowest BCUT2D eigenvalue weighted by Crippen LogP contribution is -2.06. The highest BCUT2D eigenvalue weighted by Gasteiger charge is 1.67. The summed E-state index contributed by atoms with van der Waals surface area (Å²) in [5.41, 5.74) is 5.11. The minimum atomic E-state index is 0.333. The molecule has 3 nitrogen and oxygen atoms in total. The second-order valence-electron chi connectivity index (χ2n) is 1.24. The van der Waals surface area contributed by atoms with Gasteiger partial charge in [-0.25, -0.2) is 0 Å². The fourth-order valence-corrected chi connectivity index (χ4v) is 0. The summed E-state index contributed by atoms with van der Waals surface area (Å²) in [5.74, 6) is 0. The molecule has 0 bridgehead atoms. The zero-order valence-corrected chi connectivity index (χ0v) is 6.32. The quantitative estimate of drug-likeness (QED) is 0.491. The van der Waals surface area contributed by atoms with E-state index in [2.05, 4.69) is 23.7 Å². The monoisotopic (exact) mass is 163 g/mol. The predicted molar refractivity (Wildman–Crippen MR) is 35.5 cm³/mol. The molecule has 0 fully saturated rings. The van der Waals surface area contributed by atoms with Crippen molar-refractivity contribution < 1.29 is 9.32 Å². The predicted octanol–water partition coefficient (Wildman–Crippen LogP) is 0.618. The van der Waals surface area contributed by atoms with Gasteiger partial charge in [-0.1, -0.05) is 13.8 Å². The molecule has 0 spiro atoms. The van der Waals surface area contributed by atoms with Crippen molar-refractivity contribution in [1.82, 2.24) is 0 Å². The van der Waals surface area contributed by atoms with Gasteiger partial charge in [0.05, 0.1) is 23.7 Å². The highest BCUT2D eigenvalue weighted by Crippen LogP contribution is 1.58. The van der Waals surface area contributed by atoms with Gasteiger partial charge in [0.1, 0.15) is 0 Å². The lowest BCUT2D eigenvalue weighted by molar-refractivity contribution is 0.632. The van der Waals surface area contributed by atoms with Gasteiger partial charge in [-0.05, 0) is 6.04 Å². The summed E-state index contributed by atoms with van der Waals surface area (Å²) in [6.07, 6.45) is 0. The van der Waals surface area contributed by atoms with Crippen molar-refractivity contribution in [1.29, 1.82) is 0 Å². The molecular weight excluding hydrogens is 153 g/mol. The fourth-order valence-electron chi connectivity index (χ4n) is 0. The molecule has 0 aromatic heterocycles. The second kappa shape index (κ2) is 26.0. The summed E-state index contributed by atoms with van der Waals surface area (Å²) >= 11 is 7.28. The minimum absolute atomic E-state index is 0.333. The lowest BCUT2D eigenvalue weighted by Gasteiger charge is -1.81. The molecule has 0 saturated carbocycles. The Hall–Kier alpha value is 0.460. The van der Waals surface area contributed by atoms with Gasteiger partial charge in [-0.15, -0.1) is 0 Å². The average Bonchev–Trinajstić information content (AvgIpc) is 1.75. The average molecular weight is 164 g/mol. The SMILES string of the molecule is CC(C)N.OCl.OCl. The number of hydrogen-bond donors (Lipinski definition) is 3. The van der Waals surface area contributed by atoms with Gasteiger partial charge >= 0.3 is 0 Å². The zero-order valence-electron chi connectivity index (χ0n) is 4.81. The first-order valence-corrected chi connectivity index (χ1v) is 2.50. The van der Waals surface area contributed by atoms with E-state index in [-0.39, 0.29) is 0 Å². The topological polar surface area (TPSA) is 66.5 Å². The normalized spacial score (nSPS) is 6.00. The van der Waals surface area contributed by atoms with Crippen molar-refractivity contribution in [2.75, 3.05) is 0 Å². The van der Waals surface area contributed by atoms with E-state index in [9.17, 15) is 0 Å². The Balaban J connectivity index is -0.0000000542. The largest absolute Gasteiger partial charge is 0.328 e. The Bertz CT molecular complexity index is 20.0. The Morgan fingerprint density at radius 2 is 1.12 bits per heavy atom. The molecule has 8 heavy (non-hydrogen) atoms. The van der Waals surface area contributed by atoms with Crippen LogP contribution in [0, 0.1) is 0 Å².